The molecule has 3 atom stereocenters. The van der Waals surface area contributed by atoms with Gasteiger partial charge in [0.25, 0.3) is 12.9 Å². The van der Waals surface area contributed by atoms with Gasteiger partial charge in [0.1, 0.15) is 11.5 Å². The van der Waals surface area contributed by atoms with Gasteiger partial charge in [0.15, 0.2) is 5.17 Å². The van der Waals surface area contributed by atoms with E-state index in [1.54, 1.807) is 0 Å². The van der Waals surface area contributed by atoms with E-state index in [-0.39, 0.29) is 10.5 Å². The molecule has 0 spiro atoms. The van der Waals surface area contributed by atoms with Gasteiger partial charge in [-0.1, -0.05) is 11.8 Å². The van der Waals surface area contributed by atoms with Crippen molar-refractivity contribution in [3.8, 4) is 0 Å². The molecule has 0 aromatic heterocycles. The summed E-state index contributed by atoms with van der Waals surface area (Å²) in [6.45, 7) is 1.19. The SMILES string of the molecule is Cc1cc(F)c(N=C2SCC(=O)N2C(F)C(F)F)cc1S(=O)C(F)C(F)F. The van der Waals surface area contributed by atoms with Gasteiger partial charge < -0.3 is 0 Å². The zero-order chi connectivity index (χ0) is 20.5. The van der Waals surface area contributed by atoms with Gasteiger partial charge >= 0.3 is 0 Å². The van der Waals surface area contributed by atoms with Crippen LogP contribution in [0.5, 0.6) is 0 Å². The maximum Gasteiger partial charge on any atom is 0.288 e. The summed E-state index contributed by atoms with van der Waals surface area (Å²) in [4.78, 5) is 14.7. The first kappa shape index (κ1) is 21.7. The van der Waals surface area contributed by atoms with E-state index < -0.39 is 68.7 Å². The van der Waals surface area contributed by atoms with Crippen molar-refractivity contribution >= 4 is 39.3 Å². The Labute approximate surface area is 155 Å². The molecule has 0 saturated carbocycles. The molecule has 150 valence electrons. The third-order valence-corrected chi connectivity index (χ3v) is 5.76. The number of carbonyl (C=O) groups is 1. The molecule has 1 heterocycles. The van der Waals surface area contributed by atoms with E-state index in [2.05, 4.69) is 4.99 Å². The summed E-state index contributed by atoms with van der Waals surface area (Å²) in [7, 11) is -2.86. The third kappa shape index (κ3) is 4.62. The largest absolute Gasteiger partial charge is 0.288 e. The molecular formula is C14H11F7N2O2S2. The van der Waals surface area contributed by atoms with Crippen molar-refractivity contribution in [3.63, 3.8) is 0 Å². The molecule has 1 aliphatic heterocycles. The van der Waals surface area contributed by atoms with Gasteiger partial charge in [-0.2, -0.15) is 0 Å². The minimum Gasteiger partial charge on any atom is -0.273 e. The number of amides is 1. The van der Waals surface area contributed by atoms with Gasteiger partial charge in [-0.25, -0.2) is 35.7 Å². The third-order valence-electron chi connectivity index (χ3n) is 3.33. The fraction of sp³-hybridized carbons (Fsp3) is 0.429. The van der Waals surface area contributed by atoms with E-state index in [1.807, 2.05) is 0 Å². The van der Waals surface area contributed by atoms with Crippen LogP contribution in [0.1, 0.15) is 5.56 Å². The second-order valence-corrected chi connectivity index (χ2v) is 7.63. The number of nitrogens with zero attached hydrogens (tertiary/aromatic N) is 2. The molecule has 1 fully saturated rings. The Balaban J connectivity index is 2.46. The highest BCUT2D eigenvalue weighted by molar-refractivity contribution is 8.15. The summed E-state index contributed by atoms with van der Waals surface area (Å²) in [5, 5.41) is -0.585. The van der Waals surface area contributed by atoms with Crippen LogP contribution in [0.2, 0.25) is 0 Å². The zero-order valence-corrected chi connectivity index (χ0v) is 15.0. The average Bonchev–Trinajstić information content (AvgIpc) is 2.95. The van der Waals surface area contributed by atoms with E-state index in [0.717, 1.165) is 6.07 Å². The summed E-state index contributed by atoms with van der Waals surface area (Å²) in [5.74, 6) is -2.53. The molecular weight excluding hydrogens is 425 g/mol. The molecule has 3 unspecified atom stereocenters. The lowest BCUT2D eigenvalue weighted by Gasteiger charge is -2.20. The van der Waals surface area contributed by atoms with Crippen molar-refractivity contribution in [3.05, 3.63) is 23.5 Å². The average molecular weight is 436 g/mol. The Morgan fingerprint density at radius 2 is 1.78 bits per heavy atom. The fourth-order valence-electron chi connectivity index (χ4n) is 2.08. The van der Waals surface area contributed by atoms with Gasteiger partial charge in [-0.05, 0) is 24.6 Å². The molecule has 1 aromatic carbocycles. The molecule has 2 rings (SSSR count). The summed E-state index contributed by atoms with van der Waals surface area (Å²) >= 11 is 0.554. The Morgan fingerprint density at radius 1 is 1.15 bits per heavy atom. The van der Waals surface area contributed by atoms with Crippen LogP contribution in [-0.2, 0) is 15.6 Å². The Kier molecular flexibility index (Phi) is 6.89. The monoisotopic (exact) mass is 436 g/mol. The lowest BCUT2D eigenvalue weighted by atomic mass is 10.2. The number of halogens is 7. The number of thioether (sulfide) groups is 1. The molecule has 4 nitrogen and oxygen atoms in total. The topological polar surface area (TPSA) is 49.7 Å². The van der Waals surface area contributed by atoms with Crippen LogP contribution in [0.15, 0.2) is 22.0 Å². The molecule has 0 aliphatic carbocycles. The van der Waals surface area contributed by atoms with E-state index in [4.69, 9.17) is 0 Å². The first-order valence-corrected chi connectivity index (χ1v) is 9.33. The number of hydrogen-bond acceptors (Lipinski definition) is 4. The van der Waals surface area contributed by atoms with E-state index in [0.29, 0.717) is 17.8 Å². The van der Waals surface area contributed by atoms with E-state index in [9.17, 15) is 39.7 Å². The van der Waals surface area contributed by atoms with Gasteiger partial charge in [-0.15, -0.1) is 0 Å². The maximum atomic E-state index is 14.1. The first-order valence-electron chi connectivity index (χ1n) is 7.13. The standard InChI is InChI=1S/C14H11F7N2O2S2/c1-5-2-6(15)7(3-8(5)27(25)13(21)11(18)19)22-14-23(9(24)4-26-14)12(20)10(16)17/h2-3,10-13H,4H2,1H3. The normalized spacial score (nSPS) is 20.0. The van der Waals surface area contributed by atoms with Crippen LogP contribution in [0.3, 0.4) is 0 Å². The van der Waals surface area contributed by atoms with Crippen molar-refractivity contribution in [2.75, 3.05) is 5.75 Å². The highest BCUT2D eigenvalue weighted by Gasteiger charge is 2.39. The number of alkyl halides is 6. The number of benzene rings is 1. The summed E-state index contributed by atoms with van der Waals surface area (Å²) in [5.41, 5.74) is -3.84. The summed E-state index contributed by atoms with van der Waals surface area (Å²) in [6, 6.07) is 1.43. The number of aliphatic imine (C=N–C) groups is 1. The van der Waals surface area contributed by atoms with Crippen LogP contribution < -0.4 is 0 Å². The molecule has 13 heteroatoms. The minimum atomic E-state index is -3.55. The van der Waals surface area contributed by atoms with Crippen LogP contribution in [-0.4, -0.2) is 50.6 Å². The predicted molar refractivity (Wildman–Crippen MR) is 85.7 cm³/mol. The molecule has 1 amide bonds. The van der Waals surface area contributed by atoms with Crippen LogP contribution in [0.4, 0.5) is 36.4 Å². The molecule has 0 bridgehead atoms. The second kappa shape index (κ2) is 8.59. The summed E-state index contributed by atoms with van der Waals surface area (Å²) in [6.07, 6.45) is -10.1. The Bertz CT molecular complexity index is 791. The van der Waals surface area contributed by atoms with Gasteiger partial charge in [0.05, 0.1) is 16.6 Å². The Morgan fingerprint density at radius 3 is 2.33 bits per heavy atom. The van der Waals surface area contributed by atoms with Crippen molar-refractivity contribution in [1.29, 1.82) is 0 Å². The smallest absolute Gasteiger partial charge is 0.273 e. The van der Waals surface area contributed by atoms with Crippen molar-refractivity contribution < 1.29 is 39.7 Å². The predicted octanol–water partition coefficient (Wildman–Crippen LogP) is 3.93. The van der Waals surface area contributed by atoms with Gasteiger partial charge in [-0.3, -0.25) is 13.9 Å². The number of rotatable bonds is 6. The van der Waals surface area contributed by atoms with Crippen molar-refractivity contribution in [2.24, 2.45) is 4.99 Å². The lowest BCUT2D eigenvalue weighted by molar-refractivity contribution is -0.132. The quantitative estimate of drug-likeness (QED) is 0.502. The Hall–Kier alpha value is -1.63. The van der Waals surface area contributed by atoms with Crippen LogP contribution in [0.25, 0.3) is 0 Å². The molecule has 1 aliphatic rings. The molecule has 1 aromatic rings. The highest BCUT2D eigenvalue weighted by Crippen LogP contribution is 2.32. The maximum absolute atomic E-state index is 14.1. The molecule has 0 N–H and O–H groups in total. The van der Waals surface area contributed by atoms with Gasteiger partial charge in [0.2, 0.25) is 17.7 Å². The van der Waals surface area contributed by atoms with Crippen LogP contribution >= 0.6 is 11.8 Å². The molecule has 1 saturated heterocycles. The number of carbonyl (C=O) groups excluding carboxylic acids is 1. The van der Waals surface area contributed by atoms with Crippen molar-refractivity contribution in [1.82, 2.24) is 4.90 Å². The van der Waals surface area contributed by atoms with E-state index in [1.165, 1.54) is 6.92 Å². The number of aryl methyl sites for hydroxylation is 1. The minimum absolute atomic E-state index is 0.0440. The first-order chi connectivity index (χ1) is 12.5. The lowest BCUT2D eigenvalue weighted by Crippen LogP contribution is -2.41. The highest BCUT2D eigenvalue weighted by atomic mass is 32.2. The molecule has 0 radical (unpaired) electrons. The van der Waals surface area contributed by atoms with Crippen molar-refractivity contribution in [2.45, 2.75) is 36.5 Å². The number of amidine groups is 1. The second-order valence-electron chi connectivity index (χ2n) is 5.21. The molecule has 27 heavy (non-hydrogen) atoms. The van der Waals surface area contributed by atoms with E-state index >= 15 is 0 Å². The summed E-state index contributed by atoms with van der Waals surface area (Å²) < 4.78 is 103. The number of hydrogen-bond donors (Lipinski definition) is 0. The fourth-order valence-corrected chi connectivity index (χ4v) is 4.01. The van der Waals surface area contributed by atoms with Gasteiger partial charge in [0, 0.05) is 4.90 Å². The van der Waals surface area contributed by atoms with Crippen LogP contribution in [0, 0.1) is 12.7 Å². The zero-order valence-electron chi connectivity index (χ0n) is 13.3.